The zero-order chi connectivity index (χ0) is 32.2. The maximum atomic E-state index is 2.39. The number of benzene rings is 5. The first-order chi connectivity index (χ1) is 21.4. The van der Waals surface area contributed by atoms with Crippen molar-refractivity contribution in [1.82, 2.24) is 0 Å². The molecule has 0 unspecified atom stereocenters. The monoisotopic (exact) mass is 585 g/mol. The van der Waals surface area contributed by atoms with Gasteiger partial charge in [0.1, 0.15) is 0 Å². The average Bonchev–Trinajstić information content (AvgIpc) is 3.27. The molecule has 0 aliphatic carbocycles. The first-order valence-electron chi connectivity index (χ1n) is 16.2. The van der Waals surface area contributed by atoms with Crippen molar-refractivity contribution >= 4 is 0 Å². The van der Waals surface area contributed by atoms with E-state index in [0.717, 1.165) is 0 Å². The first-order valence-corrected chi connectivity index (χ1v) is 16.2. The van der Waals surface area contributed by atoms with Crippen LogP contribution in [0.5, 0.6) is 0 Å². The van der Waals surface area contributed by atoms with Crippen molar-refractivity contribution in [2.24, 2.45) is 0 Å². The Morgan fingerprint density at radius 2 is 0.489 bits per heavy atom. The highest BCUT2D eigenvalue weighted by molar-refractivity contribution is 6.15. The Hall–Kier alpha value is -4.55. The van der Waals surface area contributed by atoms with Crippen LogP contribution in [0.4, 0.5) is 0 Å². The van der Waals surface area contributed by atoms with E-state index in [1.807, 2.05) is 0 Å². The van der Waals surface area contributed by atoms with E-state index in [1.54, 1.807) is 0 Å². The molecular formula is C45H45-. The second-order valence-electron chi connectivity index (χ2n) is 13.8. The lowest BCUT2D eigenvalue weighted by atomic mass is 9.88. The minimum absolute atomic E-state index is 1.28. The Kier molecular flexibility index (Phi) is 7.96. The summed E-state index contributed by atoms with van der Waals surface area (Å²) in [7, 11) is 0. The van der Waals surface area contributed by atoms with Gasteiger partial charge in [-0.15, -0.1) is 0 Å². The second-order valence-corrected chi connectivity index (χ2v) is 13.8. The third-order valence-electron chi connectivity index (χ3n) is 8.80. The van der Waals surface area contributed by atoms with Crippen molar-refractivity contribution < 1.29 is 0 Å². The molecule has 0 spiro atoms. The first kappa shape index (κ1) is 30.5. The average molecular weight is 586 g/mol. The van der Waals surface area contributed by atoms with Gasteiger partial charge in [0.2, 0.25) is 0 Å². The molecule has 0 nitrogen and oxygen atoms in total. The molecule has 0 aromatic heterocycles. The molecule has 6 rings (SSSR count). The minimum Gasteiger partial charge on any atom is -0.0969 e. The van der Waals surface area contributed by atoms with Gasteiger partial charge in [-0.3, -0.25) is 0 Å². The fourth-order valence-corrected chi connectivity index (χ4v) is 7.66. The minimum atomic E-state index is 1.28. The lowest BCUT2D eigenvalue weighted by molar-refractivity contribution is 1.37. The Bertz CT molecular complexity index is 1620. The topological polar surface area (TPSA) is 0 Å². The maximum Gasteiger partial charge on any atom is -0.0398 e. The molecular weight excluding hydrogens is 540 g/mol. The van der Waals surface area contributed by atoms with Crippen molar-refractivity contribution in [2.45, 2.75) is 69.2 Å². The molecule has 0 amide bonds. The highest BCUT2D eigenvalue weighted by atomic mass is 14.3. The molecule has 45 heavy (non-hydrogen) atoms. The molecule has 0 heteroatoms. The summed E-state index contributed by atoms with van der Waals surface area (Å²) in [4.78, 5) is 0. The van der Waals surface area contributed by atoms with Gasteiger partial charge in [0.15, 0.2) is 0 Å². The molecule has 0 bridgehead atoms. The molecule has 0 radical (unpaired) electrons. The standard InChI is InChI=1S/C45H45/c1-26-11-27(2)17-36(16-26)41-42(37-18-28(3)12-29(4)19-37)44(39-22-32(7)14-33(8)23-39)45(40-24-34(9)15-35(10)25-40)43(41)38-20-30(5)13-31(6)21-38/h11-25H,1-10H3/q-1. The highest BCUT2D eigenvalue weighted by Gasteiger charge is 2.24. The molecule has 0 N–H and O–H groups in total. The predicted molar refractivity (Wildman–Crippen MR) is 197 cm³/mol. The SMILES string of the molecule is Cc1cc(C)cc(-c2c(-c3cc(C)cc(C)c3)c(-c3cc(C)cc(C)c3)[c-](-c3cc(C)cc(C)c3)c2-c2cc(C)cc(C)c2)c1. The van der Waals surface area contributed by atoms with Crippen LogP contribution in [0.2, 0.25) is 0 Å². The number of hydrogen-bond acceptors (Lipinski definition) is 0. The van der Waals surface area contributed by atoms with Crippen LogP contribution in [-0.2, 0) is 0 Å². The maximum absolute atomic E-state index is 2.39. The lowest BCUT2D eigenvalue weighted by Gasteiger charge is -2.20. The van der Waals surface area contributed by atoms with E-state index < -0.39 is 0 Å². The van der Waals surface area contributed by atoms with Crippen LogP contribution >= 0.6 is 0 Å². The van der Waals surface area contributed by atoms with Crippen molar-refractivity contribution in [3.05, 3.63) is 147 Å². The van der Waals surface area contributed by atoms with E-state index in [0.29, 0.717) is 0 Å². The Balaban J connectivity index is 1.96. The lowest BCUT2D eigenvalue weighted by Crippen LogP contribution is -1.91. The quantitative estimate of drug-likeness (QED) is 0.177. The summed E-state index contributed by atoms with van der Waals surface area (Å²) in [5.74, 6) is 0. The fraction of sp³-hybridized carbons (Fsp3) is 0.222. The summed E-state index contributed by atoms with van der Waals surface area (Å²) in [5.41, 5.74) is 25.8. The number of aryl methyl sites for hydroxylation is 10. The molecule has 0 atom stereocenters. The smallest absolute Gasteiger partial charge is 0.0398 e. The summed E-state index contributed by atoms with van der Waals surface area (Å²) in [6.07, 6.45) is 0. The van der Waals surface area contributed by atoms with Gasteiger partial charge in [0.05, 0.1) is 0 Å². The summed E-state index contributed by atoms with van der Waals surface area (Å²) >= 11 is 0. The number of hydrogen-bond donors (Lipinski definition) is 0. The van der Waals surface area contributed by atoms with E-state index in [2.05, 4.69) is 160 Å². The Labute approximate surface area is 270 Å². The van der Waals surface area contributed by atoms with Crippen molar-refractivity contribution in [2.75, 3.05) is 0 Å². The zero-order valence-corrected chi connectivity index (χ0v) is 28.7. The largest absolute Gasteiger partial charge is 0.0969 e. The van der Waals surface area contributed by atoms with Crippen LogP contribution in [0.15, 0.2) is 91.0 Å². The number of rotatable bonds is 5. The molecule has 0 saturated heterocycles. The van der Waals surface area contributed by atoms with Gasteiger partial charge in [0.25, 0.3) is 0 Å². The van der Waals surface area contributed by atoms with E-state index in [9.17, 15) is 0 Å². The Morgan fingerprint density at radius 1 is 0.267 bits per heavy atom. The summed E-state index contributed by atoms with van der Waals surface area (Å²) in [5, 5.41) is 0. The summed E-state index contributed by atoms with van der Waals surface area (Å²) in [6, 6.07) is 35.3. The van der Waals surface area contributed by atoms with Gasteiger partial charge >= 0.3 is 0 Å². The van der Waals surface area contributed by atoms with Crippen molar-refractivity contribution in [1.29, 1.82) is 0 Å². The van der Waals surface area contributed by atoms with Gasteiger partial charge in [-0.05, 0) is 80.4 Å². The van der Waals surface area contributed by atoms with Crippen molar-refractivity contribution in [3.63, 3.8) is 0 Å². The van der Waals surface area contributed by atoms with Gasteiger partial charge < -0.3 is 0 Å². The zero-order valence-electron chi connectivity index (χ0n) is 28.7. The van der Waals surface area contributed by atoms with Gasteiger partial charge in [-0.25, -0.2) is 0 Å². The van der Waals surface area contributed by atoms with Gasteiger partial charge in [0, 0.05) is 0 Å². The normalized spacial score (nSPS) is 11.3. The second kappa shape index (κ2) is 11.8. The third-order valence-corrected chi connectivity index (χ3v) is 8.80. The molecule has 6 aromatic carbocycles. The molecule has 0 aliphatic rings. The third kappa shape index (κ3) is 6.07. The molecule has 226 valence electrons. The Morgan fingerprint density at radius 3 is 0.756 bits per heavy atom. The predicted octanol–water partition coefficient (Wildman–Crippen LogP) is 12.8. The van der Waals surface area contributed by atoms with Crippen LogP contribution < -0.4 is 0 Å². The van der Waals surface area contributed by atoms with Crippen LogP contribution in [0.25, 0.3) is 55.6 Å². The summed E-state index contributed by atoms with van der Waals surface area (Å²) in [6.45, 7) is 22.2. The van der Waals surface area contributed by atoms with E-state index >= 15 is 0 Å². The van der Waals surface area contributed by atoms with E-state index in [-0.39, 0.29) is 0 Å². The highest BCUT2D eigenvalue weighted by Crippen LogP contribution is 2.56. The summed E-state index contributed by atoms with van der Waals surface area (Å²) < 4.78 is 0. The van der Waals surface area contributed by atoms with Crippen LogP contribution in [0.1, 0.15) is 55.6 Å². The van der Waals surface area contributed by atoms with Crippen LogP contribution in [-0.4, -0.2) is 0 Å². The molecule has 6 aromatic rings. The van der Waals surface area contributed by atoms with E-state index in [1.165, 1.54) is 111 Å². The van der Waals surface area contributed by atoms with E-state index in [4.69, 9.17) is 0 Å². The van der Waals surface area contributed by atoms with Crippen LogP contribution in [0, 0.1) is 69.2 Å². The van der Waals surface area contributed by atoms with Crippen LogP contribution in [0.3, 0.4) is 0 Å². The van der Waals surface area contributed by atoms with Gasteiger partial charge in [-0.2, -0.15) is 0 Å². The van der Waals surface area contributed by atoms with Gasteiger partial charge in [-0.1, -0.05) is 191 Å². The molecule has 0 fully saturated rings. The van der Waals surface area contributed by atoms with Crippen molar-refractivity contribution in [3.8, 4) is 55.6 Å². The fourth-order valence-electron chi connectivity index (χ4n) is 7.66. The molecule has 0 saturated carbocycles. The molecule has 0 aliphatic heterocycles. The molecule has 0 heterocycles.